The Morgan fingerprint density at radius 2 is 1.95 bits per heavy atom. The van der Waals surface area contributed by atoms with Gasteiger partial charge in [-0.3, -0.25) is 5.32 Å². The Kier molecular flexibility index (Phi) is 10.5. The van der Waals surface area contributed by atoms with E-state index >= 15 is 0 Å². The molecule has 9 nitrogen and oxygen atoms in total. The SMILES string of the molecule is COC(=O)c1c(OCc2c(F)cc(C)c(F)c2F)nsc1NC(=O)NCCCC(O)CN1CCCCC1. The summed E-state index contributed by atoms with van der Waals surface area (Å²) in [5.41, 5.74) is -1.11. The highest BCUT2D eigenvalue weighted by Crippen LogP contribution is 2.32. The number of anilines is 1. The fourth-order valence-electron chi connectivity index (χ4n) is 3.98. The van der Waals surface area contributed by atoms with Crippen LogP contribution in [0.2, 0.25) is 0 Å². The number of β-amino-alcohol motifs (C(OH)–C–C–N with tert-alkyl or cyclic N) is 1. The molecule has 1 saturated heterocycles. The van der Waals surface area contributed by atoms with Crippen LogP contribution in [0.4, 0.5) is 23.0 Å². The van der Waals surface area contributed by atoms with Crippen LogP contribution in [-0.4, -0.2) is 65.8 Å². The van der Waals surface area contributed by atoms with Gasteiger partial charge in [-0.1, -0.05) is 6.42 Å². The molecule has 2 heterocycles. The van der Waals surface area contributed by atoms with E-state index in [1.807, 2.05) is 0 Å². The average molecular weight is 545 g/mol. The Labute approximate surface area is 217 Å². The molecule has 1 aromatic heterocycles. The fourth-order valence-corrected chi connectivity index (χ4v) is 4.70. The molecule has 2 amide bonds. The lowest BCUT2D eigenvalue weighted by Gasteiger charge is -2.28. The van der Waals surface area contributed by atoms with Crippen molar-refractivity contribution in [1.29, 1.82) is 0 Å². The van der Waals surface area contributed by atoms with E-state index in [0.717, 1.165) is 39.1 Å². The maximum Gasteiger partial charge on any atom is 0.346 e. The van der Waals surface area contributed by atoms with Crippen LogP contribution in [0, 0.1) is 24.4 Å². The lowest BCUT2D eigenvalue weighted by molar-refractivity contribution is 0.0596. The van der Waals surface area contributed by atoms with Gasteiger partial charge >= 0.3 is 12.0 Å². The number of nitrogens with zero attached hydrogens (tertiary/aromatic N) is 2. The van der Waals surface area contributed by atoms with Gasteiger partial charge in [0, 0.05) is 13.1 Å². The molecule has 3 rings (SSSR count). The number of aliphatic hydroxyl groups excluding tert-OH is 1. The van der Waals surface area contributed by atoms with Gasteiger partial charge in [0.15, 0.2) is 17.2 Å². The number of aromatic nitrogens is 1. The minimum absolute atomic E-state index is 0.000476. The Hall–Kier alpha value is -2.90. The topological polar surface area (TPSA) is 113 Å². The molecule has 0 saturated carbocycles. The smallest absolute Gasteiger partial charge is 0.346 e. The zero-order valence-electron chi connectivity index (χ0n) is 20.7. The molecule has 204 valence electrons. The summed E-state index contributed by atoms with van der Waals surface area (Å²) in [5, 5.41) is 15.3. The largest absolute Gasteiger partial charge is 0.471 e. The summed E-state index contributed by atoms with van der Waals surface area (Å²) in [7, 11) is 1.11. The van der Waals surface area contributed by atoms with E-state index < -0.39 is 47.7 Å². The number of rotatable bonds is 11. The minimum Gasteiger partial charge on any atom is -0.471 e. The quantitative estimate of drug-likeness (QED) is 0.223. The van der Waals surface area contributed by atoms with Crippen molar-refractivity contribution in [3.8, 4) is 5.88 Å². The number of benzene rings is 1. The van der Waals surface area contributed by atoms with Crippen LogP contribution in [0.1, 0.15) is 53.6 Å². The molecule has 3 N–H and O–H groups in total. The molecular weight excluding hydrogens is 513 g/mol. The molecule has 1 aromatic carbocycles. The number of hydrogen-bond acceptors (Lipinski definition) is 8. The number of aliphatic hydroxyl groups is 1. The lowest BCUT2D eigenvalue weighted by atomic mass is 10.1. The molecular formula is C24H31F3N4O5S. The van der Waals surface area contributed by atoms with Gasteiger partial charge < -0.3 is 24.8 Å². The zero-order chi connectivity index (χ0) is 26.9. The van der Waals surface area contributed by atoms with Crippen molar-refractivity contribution in [3.63, 3.8) is 0 Å². The summed E-state index contributed by atoms with van der Waals surface area (Å²) in [5.74, 6) is -4.83. The molecule has 1 fully saturated rings. The van der Waals surface area contributed by atoms with Crippen molar-refractivity contribution < 1.29 is 37.3 Å². The standard InChI is InChI=1S/C24H31F3N4O5S/c1-14-11-17(25)16(20(27)19(14)26)13-36-21-18(23(33)35-2)22(37-30-21)29-24(34)28-8-6-7-15(32)12-31-9-4-3-5-10-31/h11,15,32H,3-10,12-13H2,1-2H3,(H2,28,29,34). The Balaban J connectivity index is 1.54. The zero-order valence-corrected chi connectivity index (χ0v) is 21.6. The van der Waals surface area contributed by atoms with Crippen LogP contribution in [-0.2, 0) is 11.3 Å². The van der Waals surface area contributed by atoms with Gasteiger partial charge in [0.1, 0.15) is 17.4 Å². The number of aryl methyl sites for hydroxylation is 1. The first-order valence-electron chi connectivity index (χ1n) is 12.0. The van der Waals surface area contributed by atoms with Crippen LogP contribution in [0.3, 0.4) is 0 Å². The normalized spacial score (nSPS) is 14.8. The van der Waals surface area contributed by atoms with Gasteiger partial charge in [0.25, 0.3) is 0 Å². The van der Waals surface area contributed by atoms with E-state index in [0.29, 0.717) is 30.9 Å². The van der Waals surface area contributed by atoms with Gasteiger partial charge in [-0.25, -0.2) is 22.8 Å². The molecule has 1 aliphatic rings. The van der Waals surface area contributed by atoms with Crippen LogP contribution >= 0.6 is 11.5 Å². The van der Waals surface area contributed by atoms with Crippen molar-refractivity contribution in [2.75, 3.05) is 38.6 Å². The summed E-state index contributed by atoms with van der Waals surface area (Å²) in [6.45, 7) is 3.37. The first-order valence-corrected chi connectivity index (χ1v) is 12.8. The van der Waals surface area contributed by atoms with Crippen molar-refractivity contribution in [2.24, 2.45) is 0 Å². The van der Waals surface area contributed by atoms with E-state index in [-0.39, 0.29) is 28.6 Å². The lowest BCUT2D eigenvalue weighted by Crippen LogP contribution is -2.37. The molecule has 37 heavy (non-hydrogen) atoms. The van der Waals surface area contributed by atoms with Crippen molar-refractivity contribution >= 4 is 28.5 Å². The second-order valence-electron chi connectivity index (χ2n) is 8.79. The highest BCUT2D eigenvalue weighted by atomic mass is 32.1. The first-order chi connectivity index (χ1) is 17.7. The molecule has 0 bridgehead atoms. The number of hydrogen-bond donors (Lipinski definition) is 3. The predicted octanol–water partition coefficient (Wildman–Crippen LogP) is 3.98. The van der Waals surface area contributed by atoms with Crippen molar-refractivity contribution in [1.82, 2.24) is 14.6 Å². The number of esters is 1. The third kappa shape index (κ3) is 7.79. The Bertz CT molecular complexity index is 1090. The van der Waals surface area contributed by atoms with E-state index in [9.17, 15) is 27.9 Å². The molecule has 2 aromatic rings. The monoisotopic (exact) mass is 544 g/mol. The number of likely N-dealkylation sites (tertiary alicyclic amines) is 1. The second-order valence-corrected chi connectivity index (χ2v) is 9.57. The Morgan fingerprint density at radius 3 is 2.65 bits per heavy atom. The molecule has 0 spiro atoms. The number of nitrogens with one attached hydrogen (secondary N) is 2. The number of urea groups is 1. The molecule has 1 atom stereocenters. The van der Waals surface area contributed by atoms with Gasteiger partial charge in [0.05, 0.1) is 18.8 Å². The number of amides is 2. The highest BCUT2D eigenvalue weighted by molar-refractivity contribution is 7.11. The summed E-state index contributed by atoms with van der Waals surface area (Å²) in [6.07, 6.45) is 4.10. The average Bonchev–Trinajstić information content (AvgIpc) is 3.27. The van der Waals surface area contributed by atoms with Gasteiger partial charge in [0.2, 0.25) is 5.88 Å². The van der Waals surface area contributed by atoms with Crippen molar-refractivity contribution in [2.45, 2.75) is 51.7 Å². The molecule has 13 heteroatoms. The summed E-state index contributed by atoms with van der Waals surface area (Å²) in [6, 6.07) is 0.215. The first kappa shape index (κ1) is 28.7. The number of ether oxygens (including phenoxy) is 2. The summed E-state index contributed by atoms with van der Waals surface area (Å²) in [4.78, 5) is 26.9. The Morgan fingerprint density at radius 1 is 1.22 bits per heavy atom. The molecule has 0 aliphatic carbocycles. The van der Waals surface area contributed by atoms with E-state index in [4.69, 9.17) is 9.47 Å². The maximum absolute atomic E-state index is 14.2. The van der Waals surface area contributed by atoms with E-state index in [2.05, 4.69) is 19.9 Å². The summed E-state index contributed by atoms with van der Waals surface area (Å²) >= 11 is 0.706. The number of piperidine rings is 1. The number of methoxy groups -OCH3 is 1. The number of carbonyl (C=O) groups is 2. The third-order valence-corrected chi connectivity index (χ3v) is 6.73. The maximum atomic E-state index is 14.2. The predicted molar refractivity (Wildman–Crippen MR) is 131 cm³/mol. The van der Waals surface area contributed by atoms with Crippen LogP contribution in [0.5, 0.6) is 5.88 Å². The molecule has 1 aliphatic heterocycles. The van der Waals surface area contributed by atoms with Gasteiger partial charge in [-0.2, -0.15) is 4.37 Å². The third-order valence-electron chi connectivity index (χ3n) is 5.98. The van der Waals surface area contributed by atoms with Crippen LogP contribution < -0.4 is 15.4 Å². The van der Waals surface area contributed by atoms with E-state index in [1.165, 1.54) is 13.3 Å². The summed E-state index contributed by atoms with van der Waals surface area (Å²) < 4.78 is 56.1. The number of carbonyl (C=O) groups excluding carboxylic acids is 2. The highest BCUT2D eigenvalue weighted by Gasteiger charge is 2.26. The van der Waals surface area contributed by atoms with Gasteiger partial charge in [-0.05, 0) is 68.9 Å². The minimum atomic E-state index is -1.40. The number of halogens is 3. The van der Waals surface area contributed by atoms with Crippen LogP contribution in [0.25, 0.3) is 0 Å². The van der Waals surface area contributed by atoms with E-state index in [1.54, 1.807) is 0 Å². The van der Waals surface area contributed by atoms with Crippen molar-refractivity contribution in [3.05, 3.63) is 40.2 Å². The van der Waals surface area contributed by atoms with Gasteiger partial charge in [-0.15, -0.1) is 0 Å². The second kappa shape index (κ2) is 13.6. The molecule has 1 unspecified atom stereocenters. The van der Waals surface area contributed by atoms with Crippen LogP contribution in [0.15, 0.2) is 6.07 Å². The fraction of sp³-hybridized carbons (Fsp3) is 0.542. The molecule has 0 radical (unpaired) electrons.